The Morgan fingerprint density at radius 2 is 1.89 bits per heavy atom. The van der Waals surface area contributed by atoms with Gasteiger partial charge < -0.3 is 4.74 Å². The van der Waals surface area contributed by atoms with Gasteiger partial charge in [0, 0.05) is 0 Å². The Morgan fingerprint density at radius 1 is 1.11 bits per heavy atom. The van der Waals surface area contributed by atoms with Crippen molar-refractivity contribution in [3.63, 3.8) is 0 Å². The molecule has 0 aromatic heterocycles. The van der Waals surface area contributed by atoms with Crippen molar-refractivity contribution in [2.24, 2.45) is 22.7 Å². The van der Waals surface area contributed by atoms with Gasteiger partial charge in [-0.05, 0) is 54.8 Å². The quantitative estimate of drug-likeness (QED) is 0.617. The topological polar surface area (TPSA) is 9.23 Å². The van der Waals surface area contributed by atoms with E-state index in [1.54, 1.807) is 5.57 Å². The number of allylic oxidation sites excluding steroid dienone is 2. The lowest BCUT2D eigenvalue weighted by Gasteiger charge is -2.46. The second-order valence-corrected chi connectivity index (χ2v) is 7.98. The number of hydrogen-bond acceptors (Lipinski definition) is 1. The maximum atomic E-state index is 5.67. The third kappa shape index (κ3) is 2.27. The molecule has 3 rings (SSSR count). The Kier molecular flexibility index (Phi) is 3.09. The van der Waals surface area contributed by atoms with Gasteiger partial charge in [-0.1, -0.05) is 38.8 Å². The van der Waals surface area contributed by atoms with Gasteiger partial charge in [-0.3, -0.25) is 0 Å². The minimum Gasteiger partial charge on any atom is -0.381 e. The molecule has 18 heavy (non-hydrogen) atoms. The molecule has 0 radical (unpaired) electrons. The van der Waals surface area contributed by atoms with Gasteiger partial charge in [0.2, 0.25) is 0 Å². The van der Waals surface area contributed by atoms with Gasteiger partial charge in [0.05, 0.1) is 13.2 Å². The van der Waals surface area contributed by atoms with Crippen LogP contribution in [0.5, 0.6) is 0 Å². The third-order valence-electron chi connectivity index (χ3n) is 5.71. The van der Waals surface area contributed by atoms with E-state index in [0.29, 0.717) is 10.8 Å². The number of hydrogen-bond donors (Lipinski definition) is 0. The monoisotopic (exact) mass is 248 g/mol. The molecule has 3 aliphatic rings. The van der Waals surface area contributed by atoms with E-state index in [1.165, 1.54) is 38.5 Å². The van der Waals surface area contributed by atoms with Crippen LogP contribution in [0, 0.1) is 22.7 Å². The van der Waals surface area contributed by atoms with Gasteiger partial charge >= 0.3 is 0 Å². The van der Waals surface area contributed by atoms with Crippen molar-refractivity contribution in [1.29, 1.82) is 0 Å². The average molecular weight is 248 g/mol. The van der Waals surface area contributed by atoms with Crippen molar-refractivity contribution < 1.29 is 4.74 Å². The second kappa shape index (κ2) is 4.37. The van der Waals surface area contributed by atoms with Gasteiger partial charge in [-0.15, -0.1) is 0 Å². The summed E-state index contributed by atoms with van der Waals surface area (Å²) in [5.41, 5.74) is 2.79. The fourth-order valence-electron chi connectivity index (χ4n) is 4.75. The number of fused-ring (bicyclic) bond motifs is 1. The van der Waals surface area contributed by atoms with E-state index in [4.69, 9.17) is 4.74 Å². The molecule has 1 saturated carbocycles. The zero-order valence-electron chi connectivity index (χ0n) is 12.3. The Bertz CT molecular complexity index is 355. The predicted molar refractivity (Wildman–Crippen MR) is 75.5 cm³/mol. The maximum absolute atomic E-state index is 5.67. The molecule has 1 nitrogen and oxygen atoms in total. The molecular weight excluding hydrogens is 220 g/mol. The van der Waals surface area contributed by atoms with E-state index in [1.807, 2.05) is 0 Å². The molecule has 0 spiro atoms. The Balaban J connectivity index is 1.77. The molecule has 2 unspecified atom stereocenters. The van der Waals surface area contributed by atoms with Crippen LogP contribution in [0.25, 0.3) is 0 Å². The lowest BCUT2D eigenvalue weighted by Crippen LogP contribution is -2.34. The standard InChI is InChI=1S/C17H28O/c1-16(2)7-4-8-17(3,12-16)15-6-5-13-10-18-11-14(13)9-15/h6,13-14H,4-5,7-12H2,1-3H3/t13?,14?,17-/m0/s1. The number of rotatable bonds is 1. The van der Waals surface area contributed by atoms with Crippen LogP contribution in [-0.4, -0.2) is 13.2 Å². The largest absolute Gasteiger partial charge is 0.381 e. The second-order valence-electron chi connectivity index (χ2n) is 7.98. The molecule has 0 bridgehead atoms. The summed E-state index contributed by atoms with van der Waals surface area (Å²) in [5.74, 6) is 1.65. The molecule has 1 aliphatic heterocycles. The van der Waals surface area contributed by atoms with Crippen LogP contribution in [0.1, 0.15) is 59.3 Å². The van der Waals surface area contributed by atoms with E-state index < -0.39 is 0 Å². The summed E-state index contributed by atoms with van der Waals surface area (Å²) in [7, 11) is 0. The molecule has 1 heterocycles. The highest BCUT2D eigenvalue weighted by atomic mass is 16.5. The number of ether oxygens (including phenoxy) is 1. The van der Waals surface area contributed by atoms with E-state index in [0.717, 1.165) is 25.0 Å². The summed E-state index contributed by atoms with van der Waals surface area (Å²) in [6.07, 6.45) is 10.8. The van der Waals surface area contributed by atoms with Crippen LogP contribution < -0.4 is 0 Å². The average Bonchev–Trinajstić information content (AvgIpc) is 2.73. The van der Waals surface area contributed by atoms with E-state index in [-0.39, 0.29) is 0 Å². The molecular formula is C17H28O. The van der Waals surface area contributed by atoms with Crippen molar-refractivity contribution in [3.8, 4) is 0 Å². The maximum Gasteiger partial charge on any atom is 0.0501 e. The van der Waals surface area contributed by atoms with Crippen LogP contribution in [0.3, 0.4) is 0 Å². The van der Waals surface area contributed by atoms with Crippen LogP contribution in [-0.2, 0) is 4.74 Å². The highest BCUT2D eigenvalue weighted by Gasteiger charge is 2.42. The van der Waals surface area contributed by atoms with E-state index in [2.05, 4.69) is 26.8 Å². The van der Waals surface area contributed by atoms with Gasteiger partial charge in [-0.25, -0.2) is 0 Å². The van der Waals surface area contributed by atoms with E-state index >= 15 is 0 Å². The Morgan fingerprint density at radius 3 is 2.67 bits per heavy atom. The molecule has 2 aliphatic carbocycles. The lowest BCUT2D eigenvalue weighted by molar-refractivity contribution is 0.120. The summed E-state index contributed by atoms with van der Waals surface area (Å²) in [4.78, 5) is 0. The third-order valence-corrected chi connectivity index (χ3v) is 5.71. The minimum atomic E-state index is 0.481. The summed E-state index contributed by atoms with van der Waals surface area (Å²) in [6.45, 7) is 9.46. The molecule has 1 saturated heterocycles. The first-order valence-electron chi connectivity index (χ1n) is 7.76. The first kappa shape index (κ1) is 12.7. The van der Waals surface area contributed by atoms with Crippen LogP contribution >= 0.6 is 0 Å². The zero-order valence-corrected chi connectivity index (χ0v) is 12.3. The van der Waals surface area contributed by atoms with Crippen molar-refractivity contribution in [2.75, 3.05) is 13.2 Å². The minimum absolute atomic E-state index is 0.481. The molecule has 0 aromatic rings. The van der Waals surface area contributed by atoms with Crippen LogP contribution in [0.15, 0.2) is 11.6 Å². The molecule has 0 N–H and O–H groups in total. The van der Waals surface area contributed by atoms with Gasteiger partial charge in [0.1, 0.15) is 0 Å². The van der Waals surface area contributed by atoms with Crippen LogP contribution in [0.2, 0.25) is 0 Å². The molecule has 3 atom stereocenters. The fraction of sp³-hybridized carbons (Fsp3) is 0.882. The highest BCUT2D eigenvalue weighted by molar-refractivity contribution is 5.20. The van der Waals surface area contributed by atoms with Crippen molar-refractivity contribution >= 4 is 0 Å². The summed E-state index contributed by atoms with van der Waals surface area (Å²) in [6, 6.07) is 0. The first-order valence-corrected chi connectivity index (χ1v) is 7.76. The van der Waals surface area contributed by atoms with E-state index in [9.17, 15) is 0 Å². The van der Waals surface area contributed by atoms with Crippen LogP contribution in [0.4, 0.5) is 0 Å². The molecule has 102 valence electrons. The first-order chi connectivity index (χ1) is 8.49. The highest BCUT2D eigenvalue weighted by Crippen LogP contribution is 2.53. The Labute approximate surface area is 112 Å². The summed E-state index contributed by atoms with van der Waals surface area (Å²) < 4.78 is 5.67. The van der Waals surface area contributed by atoms with Crippen molar-refractivity contribution in [3.05, 3.63) is 11.6 Å². The summed E-state index contributed by atoms with van der Waals surface area (Å²) in [5, 5.41) is 0. The van der Waals surface area contributed by atoms with Gasteiger partial charge in [0.25, 0.3) is 0 Å². The molecule has 2 fully saturated rings. The summed E-state index contributed by atoms with van der Waals surface area (Å²) >= 11 is 0. The SMILES string of the molecule is CC1(C)CCC[C@](C)(C2=CCC3COCC3C2)C1. The normalized spacial score (nSPS) is 43.4. The fourth-order valence-corrected chi connectivity index (χ4v) is 4.75. The van der Waals surface area contributed by atoms with Crippen molar-refractivity contribution in [1.82, 2.24) is 0 Å². The van der Waals surface area contributed by atoms with Crippen molar-refractivity contribution in [2.45, 2.75) is 59.3 Å². The zero-order chi connectivity index (χ0) is 12.8. The predicted octanol–water partition coefficient (Wildman–Crippen LogP) is 4.58. The molecule has 0 amide bonds. The molecule has 0 aromatic carbocycles. The smallest absolute Gasteiger partial charge is 0.0501 e. The molecule has 1 heteroatoms. The Hall–Kier alpha value is -0.300. The lowest BCUT2D eigenvalue weighted by atomic mass is 9.59. The van der Waals surface area contributed by atoms with Gasteiger partial charge in [-0.2, -0.15) is 0 Å². The van der Waals surface area contributed by atoms with Gasteiger partial charge in [0.15, 0.2) is 0 Å².